The first kappa shape index (κ1) is 20.7. The Bertz CT molecular complexity index is 1310. The highest BCUT2D eigenvalue weighted by Gasteiger charge is 2.47. The molecule has 166 valence electrons. The van der Waals surface area contributed by atoms with Crippen molar-refractivity contribution in [3.8, 4) is 17.0 Å². The first-order chi connectivity index (χ1) is 15.3. The number of sulfonamides is 1. The number of rotatable bonds is 1. The van der Waals surface area contributed by atoms with Gasteiger partial charge in [-0.2, -0.15) is 5.10 Å². The molecule has 0 atom stereocenters. The number of ether oxygens (including phenoxy) is 1. The lowest BCUT2D eigenvalue weighted by Gasteiger charge is -2.18. The molecule has 1 spiro atoms. The Kier molecular flexibility index (Phi) is 4.81. The molecule has 0 saturated heterocycles. The van der Waals surface area contributed by atoms with E-state index in [9.17, 15) is 13.2 Å². The summed E-state index contributed by atoms with van der Waals surface area (Å²) in [6, 6.07) is 9.59. The van der Waals surface area contributed by atoms with Crippen molar-refractivity contribution in [2.24, 2.45) is 0 Å². The summed E-state index contributed by atoms with van der Waals surface area (Å²) in [5, 5.41) is 4.25. The summed E-state index contributed by atoms with van der Waals surface area (Å²) >= 11 is 0. The molecule has 1 fully saturated rings. The molecular formula is C23H24N4O4S. The van der Waals surface area contributed by atoms with E-state index in [0.717, 1.165) is 35.1 Å². The Morgan fingerprint density at radius 1 is 1.22 bits per heavy atom. The Morgan fingerprint density at radius 2 is 2.03 bits per heavy atom. The van der Waals surface area contributed by atoms with E-state index in [2.05, 4.69) is 14.8 Å². The normalized spacial score (nSPS) is 18.8. The molecule has 5 rings (SSSR count). The summed E-state index contributed by atoms with van der Waals surface area (Å²) in [6.07, 6.45) is 5.99. The van der Waals surface area contributed by atoms with Crippen molar-refractivity contribution in [1.29, 1.82) is 0 Å². The highest BCUT2D eigenvalue weighted by Crippen LogP contribution is 2.44. The molecule has 8 nitrogen and oxygen atoms in total. The zero-order chi connectivity index (χ0) is 22.5. The van der Waals surface area contributed by atoms with Crippen molar-refractivity contribution in [2.45, 2.75) is 49.5 Å². The number of aromatic nitrogens is 3. The van der Waals surface area contributed by atoms with Crippen molar-refractivity contribution in [1.82, 2.24) is 19.5 Å². The van der Waals surface area contributed by atoms with Crippen molar-refractivity contribution in [3.63, 3.8) is 0 Å². The molecular weight excluding hydrogens is 428 g/mol. The fourth-order valence-corrected chi connectivity index (χ4v) is 5.09. The van der Waals surface area contributed by atoms with E-state index in [0.29, 0.717) is 12.5 Å². The summed E-state index contributed by atoms with van der Waals surface area (Å²) in [4.78, 5) is 17.2. The van der Waals surface area contributed by atoms with Gasteiger partial charge >= 0.3 is 0 Å². The Morgan fingerprint density at radius 3 is 2.78 bits per heavy atom. The smallest absolute Gasteiger partial charge is 0.267 e. The highest BCUT2D eigenvalue weighted by atomic mass is 32.2. The summed E-state index contributed by atoms with van der Waals surface area (Å²) in [5.41, 5.74) is 3.10. The minimum absolute atomic E-state index is 0.0388. The molecule has 2 aliphatic rings. The van der Waals surface area contributed by atoms with E-state index in [1.54, 1.807) is 10.9 Å². The number of carbonyl (C=O) groups excluding carboxylic acids is 1. The van der Waals surface area contributed by atoms with E-state index < -0.39 is 21.5 Å². The fourth-order valence-electron chi connectivity index (χ4n) is 4.17. The number of pyridine rings is 1. The summed E-state index contributed by atoms with van der Waals surface area (Å²) in [6.45, 7) is 4.42. The van der Waals surface area contributed by atoms with Gasteiger partial charge < -0.3 is 4.74 Å². The van der Waals surface area contributed by atoms with Gasteiger partial charge in [-0.1, -0.05) is 32.0 Å². The molecule has 1 N–H and O–H groups in total. The number of carbonyl (C=O) groups is 1. The monoisotopic (exact) mass is 452 g/mol. The van der Waals surface area contributed by atoms with Crippen LogP contribution in [0.4, 0.5) is 0 Å². The van der Waals surface area contributed by atoms with E-state index in [1.807, 2.05) is 44.2 Å². The van der Waals surface area contributed by atoms with Crippen LogP contribution in [0.5, 0.6) is 5.88 Å². The number of amides is 1. The number of benzene rings is 1. The van der Waals surface area contributed by atoms with Gasteiger partial charge in [0.1, 0.15) is 11.5 Å². The average Bonchev–Trinajstić information content (AvgIpc) is 3.36. The number of hydrogen-bond acceptors (Lipinski definition) is 6. The fraction of sp³-hybridized carbons (Fsp3) is 0.348. The second kappa shape index (κ2) is 7.44. The van der Waals surface area contributed by atoms with Gasteiger partial charge in [0, 0.05) is 18.5 Å². The van der Waals surface area contributed by atoms with Crippen molar-refractivity contribution < 1.29 is 17.9 Å². The van der Waals surface area contributed by atoms with Crippen molar-refractivity contribution in [2.75, 3.05) is 6.61 Å². The van der Waals surface area contributed by atoms with Gasteiger partial charge in [0.25, 0.3) is 10.0 Å². The third-order valence-corrected chi connectivity index (χ3v) is 7.46. The van der Waals surface area contributed by atoms with E-state index >= 15 is 0 Å². The maximum atomic E-state index is 12.9. The number of nitrogens with zero attached hydrogens (tertiary/aromatic N) is 3. The van der Waals surface area contributed by atoms with E-state index in [-0.39, 0.29) is 17.2 Å². The third-order valence-electron chi connectivity index (χ3n) is 6.14. The topological polar surface area (TPSA) is 103 Å². The van der Waals surface area contributed by atoms with Crippen LogP contribution in [0.2, 0.25) is 0 Å². The largest absolute Gasteiger partial charge is 0.475 e. The molecule has 0 unspecified atom stereocenters. The van der Waals surface area contributed by atoms with Crippen LogP contribution in [0.25, 0.3) is 11.1 Å². The maximum Gasteiger partial charge on any atom is 0.267 e. The maximum absolute atomic E-state index is 12.9. The number of nitrogens with one attached hydrogen (secondary N) is 1. The van der Waals surface area contributed by atoms with Gasteiger partial charge in [-0.25, -0.2) is 18.1 Å². The average molecular weight is 453 g/mol. The van der Waals surface area contributed by atoms with Gasteiger partial charge in [0.2, 0.25) is 11.8 Å². The molecule has 4 bridgehead atoms. The zero-order valence-electron chi connectivity index (χ0n) is 17.9. The molecule has 1 saturated carbocycles. The molecule has 9 heteroatoms. The van der Waals surface area contributed by atoms with Crippen LogP contribution in [0.15, 0.2) is 53.8 Å². The van der Waals surface area contributed by atoms with Gasteiger partial charge in [-0.15, -0.1) is 0 Å². The Balaban J connectivity index is 1.65. The first-order valence-corrected chi connectivity index (χ1v) is 12.1. The third kappa shape index (κ3) is 3.66. The molecule has 32 heavy (non-hydrogen) atoms. The van der Waals surface area contributed by atoms with Crippen LogP contribution in [-0.2, 0) is 26.8 Å². The minimum Gasteiger partial charge on any atom is -0.475 e. The zero-order valence-corrected chi connectivity index (χ0v) is 18.7. The van der Waals surface area contributed by atoms with Gasteiger partial charge in [0.05, 0.1) is 18.2 Å². The molecule has 3 aromatic rings. The number of hydrogen-bond donors (Lipinski definition) is 1. The van der Waals surface area contributed by atoms with Crippen LogP contribution in [0.1, 0.15) is 43.7 Å². The van der Waals surface area contributed by atoms with Crippen LogP contribution < -0.4 is 9.46 Å². The number of fused-ring (bicyclic) bond motifs is 7. The lowest BCUT2D eigenvalue weighted by atomic mass is 9.88. The molecule has 1 aromatic carbocycles. The molecule has 1 amide bonds. The van der Waals surface area contributed by atoms with Crippen molar-refractivity contribution in [3.05, 3.63) is 60.0 Å². The second-order valence-electron chi connectivity index (χ2n) is 8.75. The Hall–Kier alpha value is -3.20. The lowest BCUT2D eigenvalue weighted by Crippen LogP contribution is -2.32. The summed E-state index contributed by atoms with van der Waals surface area (Å²) in [7, 11) is -4.04. The molecule has 2 aromatic heterocycles. The minimum atomic E-state index is -4.04. The summed E-state index contributed by atoms with van der Waals surface area (Å²) in [5.74, 6) is 0.0459. The van der Waals surface area contributed by atoms with Crippen LogP contribution in [0.3, 0.4) is 0 Å². The van der Waals surface area contributed by atoms with Gasteiger partial charge in [-0.3, -0.25) is 9.48 Å². The molecule has 0 radical (unpaired) electrons. The first-order valence-electron chi connectivity index (χ1n) is 10.6. The van der Waals surface area contributed by atoms with Crippen LogP contribution in [0, 0.1) is 0 Å². The predicted octanol–water partition coefficient (Wildman–Crippen LogP) is 3.00. The predicted molar refractivity (Wildman–Crippen MR) is 118 cm³/mol. The quantitative estimate of drug-likeness (QED) is 0.609. The SMILES string of the molecule is CC(C)c1cccc2c1CC(=O)NS(=O)(=O)c1cnn(c1)C1(CC1)COc1cc-2ccn1. The highest BCUT2D eigenvalue weighted by molar-refractivity contribution is 7.90. The van der Waals surface area contributed by atoms with E-state index in [1.165, 1.54) is 12.4 Å². The van der Waals surface area contributed by atoms with Crippen LogP contribution >= 0.6 is 0 Å². The van der Waals surface area contributed by atoms with Crippen molar-refractivity contribution >= 4 is 15.9 Å². The van der Waals surface area contributed by atoms with Crippen LogP contribution in [-0.4, -0.2) is 35.7 Å². The summed E-state index contributed by atoms with van der Waals surface area (Å²) < 4.78 is 35.6. The lowest BCUT2D eigenvalue weighted by molar-refractivity contribution is -0.118. The van der Waals surface area contributed by atoms with Gasteiger partial charge in [0.15, 0.2) is 0 Å². The van der Waals surface area contributed by atoms with E-state index in [4.69, 9.17) is 4.74 Å². The molecule has 1 aliphatic carbocycles. The molecule has 3 heterocycles. The standard InChI is InChI=1S/C23H24N4O4S/c1-15(2)18-4-3-5-19-16-6-9-24-22(10-16)31-14-23(7-8-23)27-13-17(12-25-27)32(29,30)26-21(28)11-20(18)19/h3-6,9-10,12-13,15H,7-8,11,14H2,1-2H3,(H,26,28). The van der Waals surface area contributed by atoms with Gasteiger partial charge in [-0.05, 0) is 47.1 Å². The Labute approximate surface area is 186 Å². The second-order valence-corrected chi connectivity index (χ2v) is 10.4. The molecule has 1 aliphatic heterocycles.